The van der Waals surface area contributed by atoms with Gasteiger partial charge in [-0.15, -0.1) is 0 Å². The smallest absolute Gasteiger partial charge is 0.119 e. The van der Waals surface area contributed by atoms with E-state index in [2.05, 4.69) is 18.7 Å². The van der Waals surface area contributed by atoms with Crippen molar-refractivity contribution in [1.82, 2.24) is 4.90 Å². The number of benzene rings is 1. The largest absolute Gasteiger partial charge is 0.494 e. The molecular formula is C16H28N2O2. The van der Waals surface area contributed by atoms with Crippen LogP contribution in [-0.2, 0) is 6.54 Å². The van der Waals surface area contributed by atoms with Gasteiger partial charge in [-0.25, -0.2) is 0 Å². The van der Waals surface area contributed by atoms with Gasteiger partial charge in [0.15, 0.2) is 0 Å². The quantitative estimate of drug-likeness (QED) is 0.644. The van der Waals surface area contributed by atoms with E-state index >= 15 is 0 Å². The minimum Gasteiger partial charge on any atom is -0.494 e. The van der Waals surface area contributed by atoms with E-state index in [4.69, 9.17) is 15.6 Å². The topological polar surface area (TPSA) is 58.7 Å². The Bertz CT molecular complexity index is 352. The minimum absolute atomic E-state index is 0.257. The van der Waals surface area contributed by atoms with Crippen molar-refractivity contribution in [2.24, 2.45) is 5.73 Å². The van der Waals surface area contributed by atoms with Gasteiger partial charge < -0.3 is 20.5 Å². The van der Waals surface area contributed by atoms with Crippen molar-refractivity contribution < 1.29 is 9.84 Å². The van der Waals surface area contributed by atoms with Crippen LogP contribution in [0.3, 0.4) is 0 Å². The molecule has 0 unspecified atom stereocenters. The van der Waals surface area contributed by atoms with Gasteiger partial charge in [0.1, 0.15) is 5.75 Å². The molecule has 20 heavy (non-hydrogen) atoms. The molecule has 0 aliphatic rings. The summed E-state index contributed by atoms with van der Waals surface area (Å²) in [7, 11) is 0. The van der Waals surface area contributed by atoms with E-state index in [1.807, 2.05) is 24.3 Å². The molecule has 0 aliphatic carbocycles. The molecule has 114 valence electrons. The van der Waals surface area contributed by atoms with E-state index in [1.54, 1.807) is 0 Å². The average molecular weight is 280 g/mol. The van der Waals surface area contributed by atoms with Crippen LogP contribution in [0, 0.1) is 0 Å². The Kier molecular flexibility index (Phi) is 8.26. The summed E-state index contributed by atoms with van der Waals surface area (Å²) in [6.07, 6.45) is 1.82. The van der Waals surface area contributed by atoms with Crippen LogP contribution in [0.15, 0.2) is 24.3 Å². The van der Waals surface area contributed by atoms with Crippen LogP contribution in [0.4, 0.5) is 0 Å². The first-order valence-electron chi connectivity index (χ1n) is 7.44. The fourth-order valence-electron chi connectivity index (χ4n) is 2.08. The second-order valence-corrected chi connectivity index (χ2v) is 5.26. The van der Waals surface area contributed by atoms with Gasteiger partial charge in [-0.3, -0.25) is 0 Å². The molecule has 4 heteroatoms. The zero-order valence-corrected chi connectivity index (χ0v) is 12.7. The highest BCUT2D eigenvalue weighted by atomic mass is 16.5. The number of hydrogen-bond acceptors (Lipinski definition) is 4. The third-order valence-electron chi connectivity index (χ3n) is 3.35. The summed E-state index contributed by atoms with van der Waals surface area (Å²) in [6, 6.07) is 8.43. The van der Waals surface area contributed by atoms with E-state index in [9.17, 15) is 0 Å². The summed E-state index contributed by atoms with van der Waals surface area (Å²) in [4.78, 5) is 2.37. The zero-order valence-electron chi connectivity index (χ0n) is 12.7. The molecule has 1 aromatic carbocycles. The molecule has 0 spiro atoms. The number of rotatable bonds is 10. The van der Waals surface area contributed by atoms with Crippen LogP contribution in [0.25, 0.3) is 0 Å². The third-order valence-corrected chi connectivity index (χ3v) is 3.35. The molecule has 0 bridgehead atoms. The Morgan fingerprint density at radius 2 is 1.80 bits per heavy atom. The molecule has 4 nitrogen and oxygen atoms in total. The maximum atomic E-state index is 8.90. The van der Waals surface area contributed by atoms with E-state index in [1.165, 1.54) is 0 Å². The molecule has 0 fully saturated rings. The lowest BCUT2D eigenvalue weighted by molar-refractivity contribution is 0.177. The highest BCUT2D eigenvalue weighted by molar-refractivity contribution is 5.26. The number of ether oxygens (including phenoxy) is 1. The number of aliphatic hydroxyl groups is 1. The van der Waals surface area contributed by atoms with Crippen molar-refractivity contribution in [3.63, 3.8) is 0 Å². The number of nitrogens with zero attached hydrogens (tertiary/aromatic N) is 1. The molecule has 0 radical (unpaired) electrons. The molecule has 0 aliphatic heterocycles. The predicted molar refractivity (Wildman–Crippen MR) is 82.9 cm³/mol. The van der Waals surface area contributed by atoms with Crippen molar-refractivity contribution in [2.45, 2.75) is 39.3 Å². The summed E-state index contributed by atoms with van der Waals surface area (Å²) >= 11 is 0. The predicted octanol–water partition coefficient (Wildman–Crippen LogP) is 2.01. The van der Waals surface area contributed by atoms with Crippen LogP contribution in [0.2, 0.25) is 0 Å². The molecule has 0 amide bonds. The molecule has 0 aromatic heterocycles. The third kappa shape index (κ3) is 6.37. The molecule has 3 N–H and O–H groups in total. The lowest BCUT2D eigenvalue weighted by Crippen LogP contribution is -2.33. The van der Waals surface area contributed by atoms with Crippen LogP contribution < -0.4 is 10.5 Å². The molecular weight excluding hydrogens is 252 g/mol. The first-order valence-corrected chi connectivity index (χ1v) is 7.44. The molecule has 0 heterocycles. The maximum absolute atomic E-state index is 8.90. The van der Waals surface area contributed by atoms with Crippen molar-refractivity contribution >= 4 is 0 Å². The minimum atomic E-state index is 0.257. The molecule has 0 saturated carbocycles. The lowest BCUT2D eigenvalue weighted by atomic mass is 10.2. The maximum Gasteiger partial charge on any atom is 0.119 e. The fourth-order valence-corrected chi connectivity index (χ4v) is 2.08. The summed E-state index contributed by atoms with van der Waals surface area (Å²) < 4.78 is 5.72. The Morgan fingerprint density at radius 1 is 1.15 bits per heavy atom. The monoisotopic (exact) mass is 280 g/mol. The van der Waals surface area contributed by atoms with E-state index in [-0.39, 0.29) is 6.61 Å². The Morgan fingerprint density at radius 3 is 2.35 bits per heavy atom. The standard InChI is InChI=1S/C16H28N2O2/c1-14(2)18(9-3-11-19)10-4-12-20-16-7-5-15(13-17)6-8-16/h5-8,14,19H,3-4,9-13,17H2,1-2H3. The van der Waals surface area contributed by atoms with Crippen molar-refractivity contribution in [1.29, 1.82) is 0 Å². The zero-order chi connectivity index (χ0) is 14.8. The van der Waals surface area contributed by atoms with Gasteiger partial charge >= 0.3 is 0 Å². The Hall–Kier alpha value is -1.10. The van der Waals surface area contributed by atoms with Gasteiger partial charge in [0.05, 0.1) is 6.61 Å². The Balaban J connectivity index is 2.24. The van der Waals surface area contributed by atoms with Crippen LogP contribution in [0.5, 0.6) is 5.75 Å². The molecule has 0 saturated heterocycles. The van der Waals surface area contributed by atoms with Gasteiger partial charge in [0, 0.05) is 32.3 Å². The Labute approximate surface area is 122 Å². The SMILES string of the molecule is CC(C)N(CCCO)CCCOc1ccc(CN)cc1. The summed E-state index contributed by atoms with van der Waals surface area (Å²) in [5.74, 6) is 0.897. The van der Waals surface area contributed by atoms with Crippen molar-refractivity contribution in [3.05, 3.63) is 29.8 Å². The average Bonchev–Trinajstić information content (AvgIpc) is 2.46. The van der Waals surface area contributed by atoms with Crippen LogP contribution in [0.1, 0.15) is 32.3 Å². The molecule has 1 rings (SSSR count). The van der Waals surface area contributed by atoms with E-state index < -0.39 is 0 Å². The normalized spacial score (nSPS) is 11.3. The van der Waals surface area contributed by atoms with Crippen molar-refractivity contribution in [3.8, 4) is 5.75 Å². The first-order chi connectivity index (χ1) is 9.67. The van der Waals surface area contributed by atoms with Crippen LogP contribution in [-0.4, -0.2) is 42.4 Å². The lowest BCUT2D eigenvalue weighted by Gasteiger charge is -2.26. The van der Waals surface area contributed by atoms with E-state index in [0.717, 1.165) is 37.2 Å². The van der Waals surface area contributed by atoms with Crippen molar-refractivity contribution in [2.75, 3.05) is 26.3 Å². The summed E-state index contributed by atoms with van der Waals surface area (Å²) in [6.45, 7) is 7.84. The number of aliphatic hydroxyl groups excluding tert-OH is 1. The second-order valence-electron chi connectivity index (χ2n) is 5.26. The van der Waals surface area contributed by atoms with Gasteiger partial charge in [0.25, 0.3) is 0 Å². The van der Waals surface area contributed by atoms with Gasteiger partial charge in [0.2, 0.25) is 0 Å². The van der Waals surface area contributed by atoms with Gasteiger partial charge in [-0.05, 0) is 44.4 Å². The van der Waals surface area contributed by atoms with Gasteiger partial charge in [-0.2, -0.15) is 0 Å². The van der Waals surface area contributed by atoms with Gasteiger partial charge in [-0.1, -0.05) is 12.1 Å². The highest BCUT2D eigenvalue weighted by Crippen LogP contribution is 2.12. The molecule has 0 atom stereocenters. The fraction of sp³-hybridized carbons (Fsp3) is 0.625. The highest BCUT2D eigenvalue weighted by Gasteiger charge is 2.08. The van der Waals surface area contributed by atoms with E-state index in [0.29, 0.717) is 19.2 Å². The summed E-state index contributed by atoms with van der Waals surface area (Å²) in [5, 5.41) is 8.90. The number of hydrogen-bond donors (Lipinski definition) is 2. The first kappa shape index (κ1) is 17.0. The molecule has 1 aromatic rings. The van der Waals surface area contributed by atoms with Crippen LogP contribution >= 0.6 is 0 Å². The summed E-state index contributed by atoms with van der Waals surface area (Å²) in [5.41, 5.74) is 6.68. The second kappa shape index (κ2) is 9.75. The number of nitrogens with two attached hydrogens (primary N) is 1.